The Morgan fingerprint density at radius 1 is 1.09 bits per heavy atom. The van der Waals surface area contributed by atoms with E-state index in [0.29, 0.717) is 0 Å². The van der Waals surface area contributed by atoms with Crippen LogP contribution in [-0.2, 0) is 0 Å². The fraction of sp³-hybridized carbons (Fsp3) is 0.667. The zero-order valence-electron chi connectivity index (χ0n) is 7.32. The molecule has 0 N–H and O–H groups in total. The molecular weight excluding hydrogens is 212 g/mol. The van der Waals surface area contributed by atoms with Gasteiger partial charge in [0.05, 0.1) is 0 Å². The van der Waals surface area contributed by atoms with Gasteiger partial charge in [-0.3, -0.25) is 0 Å². The Hall–Kier alpha value is 0.986. The molecule has 0 rings (SSSR count). The molecule has 0 amide bonds. The molecule has 62 valence electrons. The van der Waals surface area contributed by atoms with Crippen molar-refractivity contribution in [3.8, 4) is 0 Å². The van der Waals surface area contributed by atoms with Gasteiger partial charge in [-0.2, -0.15) is 6.42 Å². The summed E-state index contributed by atoms with van der Waals surface area (Å²) in [6.45, 7) is 7.45. The van der Waals surface area contributed by atoms with Gasteiger partial charge in [-0.25, -0.2) is 0 Å². The van der Waals surface area contributed by atoms with E-state index in [1.165, 1.54) is 32.1 Å². The van der Waals surface area contributed by atoms with Gasteiger partial charge in [0.2, 0.25) is 0 Å². The van der Waals surface area contributed by atoms with E-state index in [9.17, 15) is 0 Å². The first-order chi connectivity index (χ1) is 4.41. The van der Waals surface area contributed by atoms with Crippen molar-refractivity contribution < 1.29 is 17.0 Å². The molecule has 0 heterocycles. The second-order valence-electron chi connectivity index (χ2n) is 2.35. The van der Waals surface area contributed by atoms with Crippen LogP contribution in [0, 0.1) is 6.92 Å². The third-order valence-corrected chi connectivity index (χ3v) is 1.41. The van der Waals surface area contributed by atoms with Gasteiger partial charge < -0.3 is 23.9 Å². The molecule has 0 saturated carbocycles. The van der Waals surface area contributed by atoms with Crippen LogP contribution in [0.1, 0.15) is 38.5 Å². The van der Waals surface area contributed by atoms with Crippen LogP contribution in [0.4, 0.5) is 0 Å². The average molecular weight is 229 g/mol. The Kier molecular flexibility index (Phi) is 28.0. The first-order valence-electron chi connectivity index (χ1n) is 3.82. The Labute approximate surface area is 97.8 Å². The van der Waals surface area contributed by atoms with Gasteiger partial charge in [0, 0.05) is 0 Å². The van der Waals surface area contributed by atoms with Crippen molar-refractivity contribution in [2.24, 2.45) is 0 Å². The summed E-state index contributed by atoms with van der Waals surface area (Å²) in [5.74, 6) is 0. The number of hydrogen-bond acceptors (Lipinski definition) is 0. The minimum Gasteiger partial charge on any atom is -1.00 e. The van der Waals surface area contributed by atoms with E-state index in [0.717, 1.165) is 6.42 Å². The SMILES string of the molecule is C=CCCCCCC[CH2-].[Br-].[Mg+2]. The van der Waals surface area contributed by atoms with E-state index >= 15 is 0 Å². The average Bonchev–Trinajstić information content (AvgIpc) is 1.89. The molecule has 0 aliphatic heterocycles. The summed E-state index contributed by atoms with van der Waals surface area (Å²) >= 11 is 0. The van der Waals surface area contributed by atoms with Crippen molar-refractivity contribution in [1.29, 1.82) is 0 Å². The fourth-order valence-electron chi connectivity index (χ4n) is 0.819. The van der Waals surface area contributed by atoms with Crippen LogP contribution in [0.3, 0.4) is 0 Å². The number of rotatable bonds is 6. The van der Waals surface area contributed by atoms with Gasteiger partial charge in [-0.15, -0.1) is 6.58 Å². The van der Waals surface area contributed by atoms with Crippen LogP contribution in [0.5, 0.6) is 0 Å². The monoisotopic (exact) mass is 228 g/mol. The van der Waals surface area contributed by atoms with E-state index in [2.05, 4.69) is 13.5 Å². The first kappa shape index (κ1) is 17.9. The topological polar surface area (TPSA) is 0 Å². The van der Waals surface area contributed by atoms with Crippen LogP contribution in [0.25, 0.3) is 0 Å². The first-order valence-corrected chi connectivity index (χ1v) is 3.82. The second kappa shape index (κ2) is 17.2. The predicted octanol–water partition coefficient (Wildman–Crippen LogP) is -0.0297. The molecule has 0 aliphatic rings. The Morgan fingerprint density at radius 2 is 1.64 bits per heavy atom. The van der Waals surface area contributed by atoms with Gasteiger partial charge in [0.15, 0.2) is 0 Å². The normalized spacial score (nSPS) is 7.73. The minimum absolute atomic E-state index is 0. The van der Waals surface area contributed by atoms with Crippen LogP contribution < -0.4 is 17.0 Å². The number of halogens is 1. The molecule has 0 aromatic rings. The van der Waals surface area contributed by atoms with Crippen molar-refractivity contribution in [3.05, 3.63) is 19.6 Å². The smallest absolute Gasteiger partial charge is 1.00 e. The summed E-state index contributed by atoms with van der Waals surface area (Å²) in [7, 11) is 0. The predicted molar refractivity (Wildman–Crippen MR) is 49.0 cm³/mol. The summed E-state index contributed by atoms with van der Waals surface area (Å²) < 4.78 is 0. The van der Waals surface area contributed by atoms with Crippen molar-refractivity contribution in [2.75, 3.05) is 0 Å². The molecule has 0 aliphatic carbocycles. The second-order valence-corrected chi connectivity index (χ2v) is 2.35. The molecule has 0 saturated heterocycles. The van der Waals surface area contributed by atoms with Crippen LogP contribution in [0.15, 0.2) is 12.7 Å². The molecule has 0 spiro atoms. The van der Waals surface area contributed by atoms with Gasteiger partial charge in [0.25, 0.3) is 0 Å². The van der Waals surface area contributed by atoms with Crippen LogP contribution in [0.2, 0.25) is 0 Å². The largest absolute Gasteiger partial charge is 2.00 e. The molecule has 0 aromatic heterocycles. The van der Waals surface area contributed by atoms with E-state index in [-0.39, 0.29) is 40.0 Å². The maximum atomic E-state index is 3.78. The molecule has 2 heteroatoms. The molecule has 0 aromatic carbocycles. The van der Waals surface area contributed by atoms with Gasteiger partial charge in [-0.1, -0.05) is 25.3 Å². The van der Waals surface area contributed by atoms with Crippen molar-refractivity contribution in [1.82, 2.24) is 0 Å². The Bertz CT molecular complexity index is 64.6. The van der Waals surface area contributed by atoms with Crippen LogP contribution in [-0.4, -0.2) is 23.1 Å². The molecule has 0 atom stereocenters. The van der Waals surface area contributed by atoms with Crippen molar-refractivity contribution in [2.45, 2.75) is 38.5 Å². The molecule has 0 nitrogen and oxygen atoms in total. The summed E-state index contributed by atoms with van der Waals surface area (Å²) in [6.07, 6.45) is 9.55. The Morgan fingerprint density at radius 3 is 2.09 bits per heavy atom. The van der Waals surface area contributed by atoms with Crippen molar-refractivity contribution in [3.63, 3.8) is 0 Å². The standard InChI is InChI=1S/C9H17.BrH.Mg/c1-3-5-7-9-8-6-4-2;;/h3H,1-2,4-9H2;1H;/q-1;;+2/p-1. The molecule has 0 fully saturated rings. The van der Waals surface area contributed by atoms with Gasteiger partial charge in [-0.05, 0) is 12.8 Å². The number of hydrogen-bond donors (Lipinski definition) is 0. The van der Waals surface area contributed by atoms with Gasteiger partial charge >= 0.3 is 23.1 Å². The summed E-state index contributed by atoms with van der Waals surface area (Å²) in [5, 5.41) is 0. The fourth-order valence-corrected chi connectivity index (χ4v) is 0.819. The maximum Gasteiger partial charge on any atom is 2.00 e. The van der Waals surface area contributed by atoms with E-state index in [4.69, 9.17) is 0 Å². The van der Waals surface area contributed by atoms with E-state index in [1.54, 1.807) is 0 Å². The molecule has 0 bridgehead atoms. The van der Waals surface area contributed by atoms with Crippen LogP contribution >= 0.6 is 0 Å². The third-order valence-electron chi connectivity index (χ3n) is 1.41. The number of allylic oxidation sites excluding steroid dienone is 1. The quantitative estimate of drug-likeness (QED) is 0.260. The summed E-state index contributed by atoms with van der Waals surface area (Å²) in [4.78, 5) is 0. The summed E-state index contributed by atoms with van der Waals surface area (Å²) in [6, 6.07) is 0. The Balaban J connectivity index is -0.000000320. The van der Waals surface area contributed by atoms with E-state index < -0.39 is 0 Å². The van der Waals surface area contributed by atoms with E-state index in [1.807, 2.05) is 6.08 Å². The maximum absolute atomic E-state index is 3.78. The molecular formula is C9H17BrMg. The third kappa shape index (κ3) is 18.2. The molecule has 11 heavy (non-hydrogen) atoms. The molecule has 0 unspecified atom stereocenters. The van der Waals surface area contributed by atoms with Gasteiger partial charge in [0.1, 0.15) is 0 Å². The zero-order chi connectivity index (χ0) is 6.95. The summed E-state index contributed by atoms with van der Waals surface area (Å²) in [5.41, 5.74) is 0. The zero-order valence-corrected chi connectivity index (χ0v) is 10.3. The van der Waals surface area contributed by atoms with Crippen molar-refractivity contribution >= 4 is 23.1 Å². The number of unbranched alkanes of at least 4 members (excludes halogenated alkanes) is 5. The minimum atomic E-state index is 0. The molecule has 0 radical (unpaired) electrons.